The first kappa shape index (κ1) is 9.96. The van der Waals surface area contributed by atoms with E-state index in [0.717, 1.165) is 9.86 Å². The minimum Gasteiger partial charge on any atom is -0.272 e. The van der Waals surface area contributed by atoms with E-state index in [4.69, 9.17) is 5.14 Å². The van der Waals surface area contributed by atoms with Gasteiger partial charge in [0.2, 0.25) is 0 Å². The Balaban J connectivity index is 2.66. The van der Waals surface area contributed by atoms with Gasteiger partial charge in [-0.05, 0) is 29.5 Å². The average Bonchev–Trinajstić information content (AvgIpc) is 2.59. The molecule has 0 radical (unpaired) electrons. The lowest BCUT2D eigenvalue weighted by Gasteiger charge is -2.04. The molecule has 0 unspecified atom stereocenters. The standard InChI is InChI=1S/C10H12N2S2/c1-6(2)7-4-3-5-8-9(7)12-10(13-8)14-11/h3-6H,11H2,1-2H3. The molecule has 14 heavy (non-hydrogen) atoms. The number of nitrogens with two attached hydrogens (primary N) is 1. The largest absolute Gasteiger partial charge is 0.272 e. The molecular formula is C10H12N2S2. The van der Waals surface area contributed by atoms with Crippen LogP contribution < -0.4 is 5.14 Å². The third kappa shape index (κ3) is 1.65. The van der Waals surface area contributed by atoms with E-state index in [-0.39, 0.29) is 0 Å². The van der Waals surface area contributed by atoms with Crippen LogP contribution in [-0.4, -0.2) is 4.98 Å². The second-order valence-corrected chi connectivity index (χ2v) is 5.36. The summed E-state index contributed by atoms with van der Waals surface area (Å²) in [7, 11) is 0. The molecule has 2 aromatic rings. The maximum Gasteiger partial charge on any atom is 0.165 e. The van der Waals surface area contributed by atoms with Gasteiger partial charge in [0.25, 0.3) is 0 Å². The molecular weight excluding hydrogens is 212 g/mol. The molecule has 0 saturated carbocycles. The van der Waals surface area contributed by atoms with E-state index in [1.807, 2.05) is 0 Å². The van der Waals surface area contributed by atoms with Crippen molar-refractivity contribution in [2.45, 2.75) is 24.1 Å². The Morgan fingerprint density at radius 3 is 2.86 bits per heavy atom. The van der Waals surface area contributed by atoms with Crippen LogP contribution in [0.15, 0.2) is 22.5 Å². The van der Waals surface area contributed by atoms with Crippen LogP contribution in [0, 0.1) is 0 Å². The molecule has 0 bridgehead atoms. The molecule has 0 fully saturated rings. The smallest absolute Gasteiger partial charge is 0.165 e. The number of fused-ring (bicyclic) bond motifs is 1. The SMILES string of the molecule is CC(C)c1cccc2sc(SN)nc12. The summed E-state index contributed by atoms with van der Waals surface area (Å²) < 4.78 is 2.16. The van der Waals surface area contributed by atoms with Crippen molar-refractivity contribution in [2.24, 2.45) is 5.14 Å². The van der Waals surface area contributed by atoms with E-state index in [9.17, 15) is 0 Å². The van der Waals surface area contributed by atoms with E-state index < -0.39 is 0 Å². The Morgan fingerprint density at radius 1 is 1.43 bits per heavy atom. The Bertz CT molecular complexity index is 448. The average molecular weight is 224 g/mol. The molecule has 2 rings (SSSR count). The van der Waals surface area contributed by atoms with Gasteiger partial charge in [0.1, 0.15) is 0 Å². The Morgan fingerprint density at radius 2 is 2.21 bits per heavy atom. The van der Waals surface area contributed by atoms with Crippen LogP contribution in [0.3, 0.4) is 0 Å². The number of nitrogens with zero attached hydrogens (tertiary/aromatic N) is 1. The number of hydrogen-bond donors (Lipinski definition) is 1. The molecule has 1 aromatic heterocycles. The topological polar surface area (TPSA) is 38.9 Å². The lowest BCUT2D eigenvalue weighted by Crippen LogP contribution is -1.88. The maximum absolute atomic E-state index is 5.50. The molecule has 2 nitrogen and oxygen atoms in total. The number of benzene rings is 1. The minimum absolute atomic E-state index is 0.511. The highest BCUT2D eigenvalue weighted by molar-refractivity contribution is 7.99. The van der Waals surface area contributed by atoms with Crippen LogP contribution >= 0.6 is 23.3 Å². The fraction of sp³-hybridized carbons (Fsp3) is 0.300. The van der Waals surface area contributed by atoms with Crippen molar-refractivity contribution in [3.05, 3.63) is 23.8 Å². The molecule has 74 valence electrons. The van der Waals surface area contributed by atoms with E-state index >= 15 is 0 Å². The van der Waals surface area contributed by atoms with Gasteiger partial charge in [0.05, 0.1) is 10.2 Å². The van der Waals surface area contributed by atoms with Crippen molar-refractivity contribution in [1.29, 1.82) is 0 Å². The lowest BCUT2D eigenvalue weighted by molar-refractivity contribution is 0.872. The Hall–Kier alpha value is -0.580. The number of para-hydroxylation sites is 1. The van der Waals surface area contributed by atoms with Crippen molar-refractivity contribution < 1.29 is 0 Å². The molecule has 0 amide bonds. The summed E-state index contributed by atoms with van der Waals surface area (Å²) in [6.07, 6.45) is 0. The van der Waals surface area contributed by atoms with Gasteiger partial charge in [0.15, 0.2) is 4.34 Å². The molecule has 0 saturated heterocycles. The zero-order chi connectivity index (χ0) is 10.1. The summed E-state index contributed by atoms with van der Waals surface area (Å²) in [4.78, 5) is 4.51. The van der Waals surface area contributed by atoms with Gasteiger partial charge < -0.3 is 0 Å². The molecule has 1 aromatic carbocycles. The van der Waals surface area contributed by atoms with Gasteiger partial charge in [-0.15, -0.1) is 11.3 Å². The van der Waals surface area contributed by atoms with E-state index in [1.165, 1.54) is 22.2 Å². The second-order valence-electron chi connectivity index (χ2n) is 3.45. The first-order valence-corrected chi connectivity index (χ1v) is 6.18. The zero-order valence-corrected chi connectivity index (χ0v) is 9.78. The molecule has 1 heterocycles. The molecule has 0 aliphatic rings. The van der Waals surface area contributed by atoms with Crippen LogP contribution in [-0.2, 0) is 0 Å². The highest BCUT2D eigenvalue weighted by Gasteiger charge is 2.09. The Kier molecular flexibility index (Phi) is 2.76. The van der Waals surface area contributed by atoms with Gasteiger partial charge in [0, 0.05) is 0 Å². The predicted molar refractivity (Wildman–Crippen MR) is 63.8 cm³/mol. The second kappa shape index (κ2) is 3.88. The first-order valence-electron chi connectivity index (χ1n) is 4.48. The number of hydrogen-bond acceptors (Lipinski definition) is 4. The summed E-state index contributed by atoms with van der Waals surface area (Å²) >= 11 is 2.88. The third-order valence-corrected chi connectivity index (χ3v) is 3.80. The van der Waals surface area contributed by atoms with E-state index in [0.29, 0.717) is 5.92 Å². The van der Waals surface area contributed by atoms with Crippen molar-refractivity contribution in [3.8, 4) is 0 Å². The van der Waals surface area contributed by atoms with Crippen LogP contribution in [0.4, 0.5) is 0 Å². The molecule has 0 spiro atoms. The van der Waals surface area contributed by atoms with Gasteiger partial charge in [-0.3, -0.25) is 5.14 Å². The van der Waals surface area contributed by atoms with Crippen LogP contribution in [0.5, 0.6) is 0 Å². The van der Waals surface area contributed by atoms with E-state index in [1.54, 1.807) is 11.3 Å². The normalized spacial score (nSPS) is 11.4. The van der Waals surface area contributed by atoms with Crippen molar-refractivity contribution in [2.75, 3.05) is 0 Å². The van der Waals surface area contributed by atoms with Crippen molar-refractivity contribution in [3.63, 3.8) is 0 Å². The summed E-state index contributed by atoms with van der Waals surface area (Å²) in [5.74, 6) is 0.511. The van der Waals surface area contributed by atoms with Gasteiger partial charge in [-0.25, -0.2) is 4.98 Å². The van der Waals surface area contributed by atoms with Crippen LogP contribution in [0.2, 0.25) is 0 Å². The molecule has 0 aliphatic heterocycles. The summed E-state index contributed by atoms with van der Waals surface area (Å²) in [5.41, 5.74) is 2.42. The van der Waals surface area contributed by atoms with E-state index in [2.05, 4.69) is 37.0 Å². The van der Waals surface area contributed by atoms with Crippen molar-refractivity contribution >= 4 is 33.5 Å². The molecule has 0 atom stereocenters. The zero-order valence-electron chi connectivity index (χ0n) is 8.15. The number of rotatable bonds is 2. The first-order chi connectivity index (χ1) is 6.72. The fourth-order valence-electron chi connectivity index (χ4n) is 1.47. The lowest BCUT2D eigenvalue weighted by atomic mass is 10.0. The maximum atomic E-state index is 5.50. The van der Waals surface area contributed by atoms with Crippen molar-refractivity contribution in [1.82, 2.24) is 4.98 Å². The summed E-state index contributed by atoms with van der Waals surface area (Å²) in [5, 5.41) is 5.50. The Labute approximate surface area is 91.7 Å². The van der Waals surface area contributed by atoms with Gasteiger partial charge in [-0.1, -0.05) is 26.0 Å². The quantitative estimate of drug-likeness (QED) is 0.795. The highest BCUT2D eigenvalue weighted by Crippen LogP contribution is 2.31. The molecule has 2 N–H and O–H groups in total. The third-order valence-electron chi connectivity index (χ3n) is 2.15. The molecule has 4 heteroatoms. The summed E-state index contributed by atoms with van der Waals surface area (Å²) in [6.45, 7) is 4.37. The molecule has 0 aliphatic carbocycles. The highest BCUT2D eigenvalue weighted by atomic mass is 32.2. The fourth-order valence-corrected chi connectivity index (χ4v) is 2.80. The van der Waals surface area contributed by atoms with Gasteiger partial charge in [-0.2, -0.15) is 0 Å². The van der Waals surface area contributed by atoms with Crippen LogP contribution in [0.25, 0.3) is 10.2 Å². The van der Waals surface area contributed by atoms with Crippen LogP contribution in [0.1, 0.15) is 25.3 Å². The predicted octanol–water partition coefficient (Wildman–Crippen LogP) is 3.39. The number of aromatic nitrogens is 1. The minimum atomic E-state index is 0.511. The monoisotopic (exact) mass is 224 g/mol. The summed E-state index contributed by atoms with van der Waals surface area (Å²) in [6, 6.07) is 6.32. The van der Waals surface area contributed by atoms with Gasteiger partial charge >= 0.3 is 0 Å². The number of thiazole rings is 1.